The number of nitrogens with zero attached hydrogens (tertiary/aromatic N) is 3. The van der Waals surface area contributed by atoms with Gasteiger partial charge in [-0.15, -0.1) is 10.2 Å². The first-order chi connectivity index (χ1) is 18.2. The van der Waals surface area contributed by atoms with Gasteiger partial charge in [0, 0.05) is 21.4 Å². The van der Waals surface area contributed by atoms with Gasteiger partial charge in [0.05, 0.1) is 11.6 Å². The van der Waals surface area contributed by atoms with Crippen molar-refractivity contribution in [3.63, 3.8) is 0 Å². The molecule has 0 radical (unpaired) electrons. The monoisotopic (exact) mass is 585 g/mol. The lowest BCUT2D eigenvalue weighted by Crippen LogP contribution is -2.29. The van der Waals surface area contributed by atoms with Crippen molar-refractivity contribution in [2.24, 2.45) is 0 Å². The Balaban J connectivity index is 1.57. The molecule has 1 aliphatic rings. The van der Waals surface area contributed by atoms with Crippen LogP contribution in [0.15, 0.2) is 76.6 Å². The number of rotatable bonds is 6. The summed E-state index contributed by atoms with van der Waals surface area (Å²) in [6.45, 7) is 1.90. The van der Waals surface area contributed by atoms with Gasteiger partial charge in [0.25, 0.3) is 5.78 Å². The highest BCUT2D eigenvalue weighted by molar-refractivity contribution is 8.00. The highest BCUT2D eigenvalue weighted by Gasteiger charge is 2.49. The molecular weight excluding hydrogens is 568 g/mol. The minimum absolute atomic E-state index is 0.126. The number of ketones is 1. The van der Waals surface area contributed by atoms with Crippen molar-refractivity contribution >= 4 is 68.9 Å². The fourth-order valence-corrected chi connectivity index (χ4v) is 6.39. The molecule has 11 heteroatoms. The summed E-state index contributed by atoms with van der Waals surface area (Å²) in [7, 11) is 0. The van der Waals surface area contributed by atoms with Gasteiger partial charge in [-0.1, -0.05) is 100 Å². The normalized spacial score (nSPS) is 16.8. The fraction of sp³-hybridized carbons (Fsp3) is 0.111. The summed E-state index contributed by atoms with van der Waals surface area (Å²) in [5, 5.41) is 20.2. The molecular formula is C27H18Cl2FN3O3S2. The Morgan fingerprint density at radius 2 is 1.82 bits per heavy atom. The van der Waals surface area contributed by atoms with E-state index >= 15 is 0 Å². The Hall–Kier alpha value is -3.24. The Kier molecular flexibility index (Phi) is 7.54. The number of benzene rings is 3. The van der Waals surface area contributed by atoms with Gasteiger partial charge in [-0.2, -0.15) is 0 Å². The number of halogens is 3. The molecule has 0 saturated carbocycles. The maximum absolute atomic E-state index is 14.0. The fourth-order valence-electron chi connectivity index (χ4n) is 4.03. The Labute approximate surface area is 235 Å². The van der Waals surface area contributed by atoms with Gasteiger partial charge < -0.3 is 5.11 Å². The molecule has 2 heterocycles. The highest BCUT2D eigenvalue weighted by atomic mass is 35.5. The molecule has 1 amide bonds. The van der Waals surface area contributed by atoms with E-state index in [9.17, 15) is 19.1 Å². The van der Waals surface area contributed by atoms with Crippen molar-refractivity contribution in [1.82, 2.24) is 10.2 Å². The summed E-state index contributed by atoms with van der Waals surface area (Å²) in [5.41, 5.74) is 2.11. The predicted molar refractivity (Wildman–Crippen MR) is 148 cm³/mol. The molecule has 1 fully saturated rings. The van der Waals surface area contributed by atoms with Gasteiger partial charge >= 0.3 is 5.91 Å². The zero-order valence-corrected chi connectivity index (χ0v) is 22.8. The van der Waals surface area contributed by atoms with Crippen LogP contribution in [-0.4, -0.2) is 27.0 Å². The first-order valence-electron chi connectivity index (χ1n) is 11.3. The molecule has 1 aromatic heterocycles. The Morgan fingerprint density at radius 3 is 2.53 bits per heavy atom. The van der Waals surface area contributed by atoms with Crippen molar-refractivity contribution in [1.29, 1.82) is 0 Å². The van der Waals surface area contributed by atoms with E-state index in [1.165, 1.54) is 28.8 Å². The molecule has 1 N–H and O–H groups in total. The Bertz CT molecular complexity index is 1590. The zero-order chi connectivity index (χ0) is 27.0. The lowest BCUT2D eigenvalue weighted by atomic mass is 9.95. The van der Waals surface area contributed by atoms with E-state index in [2.05, 4.69) is 10.2 Å². The summed E-state index contributed by atoms with van der Waals surface area (Å²) >= 11 is 15.0. The van der Waals surface area contributed by atoms with Crippen LogP contribution in [-0.2, 0) is 15.3 Å². The van der Waals surface area contributed by atoms with Crippen LogP contribution in [0.4, 0.5) is 9.52 Å². The molecule has 0 aliphatic carbocycles. The molecule has 192 valence electrons. The molecule has 6 nitrogen and oxygen atoms in total. The predicted octanol–water partition coefficient (Wildman–Crippen LogP) is 7.21. The Morgan fingerprint density at radius 1 is 1.08 bits per heavy atom. The summed E-state index contributed by atoms with van der Waals surface area (Å²) in [6, 6.07) is 17.0. The number of hydrogen-bond donors (Lipinski definition) is 1. The van der Waals surface area contributed by atoms with E-state index in [1.807, 2.05) is 6.92 Å². The van der Waals surface area contributed by atoms with Crippen LogP contribution in [0.5, 0.6) is 0 Å². The highest BCUT2D eigenvalue weighted by Crippen LogP contribution is 2.46. The van der Waals surface area contributed by atoms with E-state index in [1.54, 1.807) is 54.6 Å². The number of amides is 1. The van der Waals surface area contributed by atoms with E-state index in [-0.39, 0.29) is 27.3 Å². The standard InChI is InChI=1S/C27H18Cl2FN3O3S2/c1-14-6-8-15(9-7-14)23(34)21-22(18-11-10-17(28)12-19(18)29)33(25(36)24(21)35)26-31-32-27(38-26)37-13-16-4-2-3-5-20(16)30/h2-12,22,34H,13H2,1H3/b23-21-. The number of hydrogen-bond acceptors (Lipinski definition) is 7. The van der Waals surface area contributed by atoms with Gasteiger partial charge in [0.15, 0.2) is 4.34 Å². The molecule has 1 aliphatic heterocycles. The van der Waals surface area contributed by atoms with Crippen molar-refractivity contribution in [3.05, 3.63) is 110 Å². The second-order valence-electron chi connectivity index (χ2n) is 8.43. The van der Waals surface area contributed by atoms with Gasteiger partial charge in [0.1, 0.15) is 11.6 Å². The van der Waals surface area contributed by atoms with Gasteiger partial charge in [0.2, 0.25) is 5.13 Å². The molecule has 1 unspecified atom stereocenters. The first-order valence-corrected chi connectivity index (χ1v) is 13.8. The number of aliphatic hydroxyl groups excluding tert-OH is 1. The van der Waals surface area contributed by atoms with Crippen molar-refractivity contribution in [3.8, 4) is 0 Å². The number of aromatic nitrogens is 2. The minimum Gasteiger partial charge on any atom is -0.507 e. The second-order valence-corrected chi connectivity index (χ2v) is 11.5. The molecule has 5 rings (SSSR count). The molecule has 0 spiro atoms. The third-order valence-electron chi connectivity index (χ3n) is 5.94. The maximum Gasteiger partial charge on any atom is 0.301 e. The topological polar surface area (TPSA) is 83.4 Å². The molecule has 0 bridgehead atoms. The van der Waals surface area contributed by atoms with Crippen LogP contribution in [0.3, 0.4) is 0 Å². The third kappa shape index (κ3) is 5.07. The van der Waals surface area contributed by atoms with E-state index in [0.717, 1.165) is 16.9 Å². The molecule has 38 heavy (non-hydrogen) atoms. The number of carbonyl (C=O) groups is 2. The summed E-state index contributed by atoms with van der Waals surface area (Å²) in [4.78, 5) is 27.8. The summed E-state index contributed by atoms with van der Waals surface area (Å²) in [5.74, 6) is -2.12. The third-order valence-corrected chi connectivity index (χ3v) is 8.60. The number of aryl methyl sites for hydroxylation is 1. The average molecular weight is 586 g/mol. The lowest BCUT2D eigenvalue weighted by Gasteiger charge is -2.23. The van der Waals surface area contributed by atoms with E-state index < -0.39 is 17.7 Å². The van der Waals surface area contributed by atoms with E-state index in [4.69, 9.17) is 23.2 Å². The van der Waals surface area contributed by atoms with Gasteiger partial charge in [-0.05, 0) is 36.2 Å². The number of thioether (sulfide) groups is 1. The SMILES string of the molecule is Cc1ccc(/C(O)=C2/C(=O)C(=O)N(c3nnc(SCc4ccccc4F)s3)C2c2ccc(Cl)cc2Cl)cc1. The first kappa shape index (κ1) is 26.4. The summed E-state index contributed by atoms with van der Waals surface area (Å²) < 4.78 is 14.5. The minimum atomic E-state index is -1.07. The zero-order valence-electron chi connectivity index (χ0n) is 19.7. The quantitative estimate of drug-likeness (QED) is 0.0845. The lowest BCUT2D eigenvalue weighted by molar-refractivity contribution is -0.132. The average Bonchev–Trinajstić information content (AvgIpc) is 3.46. The van der Waals surface area contributed by atoms with Crippen molar-refractivity contribution in [2.75, 3.05) is 4.90 Å². The number of aliphatic hydroxyl groups is 1. The molecule has 1 saturated heterocycles. The van der Waals surface area contributed by atoms with Crippen LogP contribution < -0.4 is 4.90 Å². The van der Waals surface area contributed by atoms with E-state index in [0.29, 0.717) is 31.8 Å². The van der Waals surface area contributed by atoms with Crippen molar-refractivity contribution in [2.45, 2.75) is 23.1 Å². The molecule has 3 aromatic carbocycles. The van der Waals surface area contributed by atoms with Crippen LogP contribution >= 0.6 is 46.3 Å². The number of Topliss-reactive ketones (excluding diaryl/α,β-unsaturated/α-hetero) is 1. The molecule has 1 atom stereocenters. The smallest absolute Gasteiger partial charge is 0.301 e. The summed E-state index contributed by atoms with van der Waals surface area (Å²) in [6.07, 6.45) is 0. The van der Waals surface area contributed by atoms with Crippen LogP contribution in [0, 0.1) is 12.7 Å². The largest absolute Gasteiger partial charge is 0.507 e. The van der Waals surface area contributed by atoms with Gasteiger partial charge in [-0.25, -0.2) is 4.39 Å². The van der Waals surface area contributed by atoms with Gasteiger partial charge in [-0.3, -0.25) is 14.5 Å². The van der Waals surface area contributed by atoms with Crippen LogP contribution in [0.2, 0.25) is 10.0 Å². The number of anilines is 1. The number of carbonyl (C=O) groups excluding carboxylic acids is 2. The maximum atomic E-state index is 14.0. The van der Waals surface area contributed by atoms with Crippen molar-refractivity contribution < 1.29 is 19.1 Å². The van der Waals surface area contributed by atoms with Crippen LogP contribution in [0.25, 0.3) is 5.76 Å². The van der Waals surface area contributed by atoms with Crippen LogP contribution in [0.1, 0.15) is 28.3 Å². The second kappa shape index (κ2) is 10.9. The molecule has 4 aromatic rings.